The van der Waals surface area contributed by atoms with Crippen molar-refractivity contribution in [3.05, 3.63) is 53.3 Å². The van der Waals surface area contributed by atoms with Crippen LogP contribution in [0.1, 0.15) is 29.3 Å². The van der Waals surface area contributed by atoms with Gasteiger partial charge in [0.25, 0.3) is 0 Å². The van der Waals surface area contributed by atoms with E-state index in [1.165, 1.54) is 11.1 Å². The van der Waals surface area contributed by atoms with E-state index < -0.39 is 6.10 Å². The number of benzene rings is 1. The number of hydrogen-bond donors (Lipinski definition) is 1. The summed E-state index contributed by atoms with van der Waals surface area (Å²) in [5, 5.41) is 14.6. The summed E-state index contributed by atoms with van der Waals surface area (Å²) >= 11 is 0. The van der Waals surface area contributed by atoms with Crippen LogP contribution in [0.4, 0.5) is 0 Å². The van der Waals surface area contributed by atoms with Gasteiger partial charge in [0.15, 0.2) is 0 Å². The lowest BCUT2D eigenvalue weighted by Gasteiger charge is -2.28. The molecule has 0 bridgehead atoms. The van der Waals surface area contributed by atoms with Gasteiger partial charge >= 0.3 is 0 Å². The van der Waals surface area contributed by atoms with Gasteiger partial charge in [-0.25, -0.2) is 0 Å². The van der Waals surface area contributed by atoms with Crippen LogP contribution < -0.4 is 0 Å². The maximum atomic E-state index is 10.5. The lowest BCUT2D eigenvalue weighted by Crippen LogP contribution is -2.22. The second kappa shape index (κ2) is 4.58. The topological polar surface area (TPSA) is 38.0 Å². The summed E-state index contributed by atoms with van der Waals surface area (Å²) in [4.78, 5) is 0. The van der Waals surface area contributed by atoms with Crippen molar-refractivity contribution in [3.8, 4) is 0 Å². The van der Waals surface area contributed by atoms with Crippen LogP contribution in [0.5, 0.6) is 0 Å². The van der Waals surface area contributed by atoms with Gasteiger partial charge in [0.1, 0.15) is 0 Å². The van der Waals surface area contributed by atoms with Crippen LogP contribution in [-0.4, -0.2) is 14.9 Å². The summed E-state index contributed by atoms with van der Waals surface area (Å²) in [6.45, 7) is 0. The van der Waals surface area contributed by atoms with Gasteiger partial charge in [-0.05, 0) is 42.4 Å². The molecule has 3 nitrogen and oxygen atoms in total. The molecule has 2 aromatic rings. The van der Waals surface area contributed by atoms with E-state index in [0.29, 0.717) is 5.92 Å². The van der Waals surface area contributed by atoms with Crippen LogP contribution in [0, 0.1) is 5.92 Å². The first-order chi connectivity index (χ1) is 8.75. The highest BCUT2D eigenvalue weighted by molar-refractivity contribution is 5.30. The largest absolute Gasteiger partial charge is 0.387 e. The minimum Gasteiger partial charge on any atom is -0.387 e. The van der Waals surface area contributed by atoms with Gasteiger partial charge in [-0.15, -0.1) is 0 Å². The SMILES string of the molecule is Cn1nccc1C(O)C1CCc2ccccc2C1. The average Bonchev–Trinajstić information content (AvgIpc) is 2.83. The van der Waals surface area contributed by atoms with Gasteiger partial charge in [-0.2, -0.15) is 5.10 Å². The van der Waals surface area contributed by atoms with Gasteiger partial charge in [-0.1, -0.05) is 24.3 Å². The summed E-state index contributed by atoms with van der Waals surface area (Å²) in [7, 11) is 1.88. The minimum absolute atomic E-state index is 0.301. The summed E-state index contributed by atoms with van der Waals surface area (Å²) in [5.74, 6) is 0.301. The molecule has 0 aliphatic heterocycles. The van der Waals surface area contributed by atoms with Gasteiger partial charge in [-0.3, -0.25) is 4.68 Å². The maximum absolute atomic E-state index is 10.5. The summed E-state index contributed by atoms with van der Waals surface area (Å²) in [5.41, 5.74) is 3.74. The predicted octanol–water partition coefficient (Wildman–Crippen LogP) is 2.26. The molecule has 1 aliphatic carbocycles. The molecular weight excluding hydrogens is 224 g/mol. The van der Waals surface area contributed by atoms with Crippen molar-refractivity contribution in [3.63, 3.8) is 0 Å². The molecule has 0 radical (unpaired) electrons. The molecule has 0 spiro atoms. The number of nitrogens with zero attached hydrogens (tertiary/aromatic N) is 2. The number of fused-ring (bicyclic) bond motifs is 1. The standard InChI is InChI=1S/C15H18N2O/c1-17-14(8-9-16-17)15(18)13-7-6-11-4-2-3-5-12(11)10-13/h2-5,8-9,13,15,18H,6-7,10H2,1H3. The van der Waals surface area contributed by atoms with Crippen LogP contribution in [-0.2, 0) is 19.9 Å². The molecule has 3 rings (SSSR count). The quantitative estimate of drug-likeness (QED) is 0.877. The average molecular weight is 242 g/mol. The highest BCUT2D eigenvalue weighted by atomic mass is 16.3. The van der Waals surface area contributed by atoms with E-state index >= 15 is 0 Å². The molecule has 1 N–H and O–H groups in total. The summed E-state index contributed by atoms with van der Waals surface area (Å²) in [6, 6.07) is 10.5. The number of aliphatic hydroxyl groups is 1. The Kier molecular flexibility index (Phi) is 2.92. The first-order valence-electron chi connectivity index (χ1n) is 6.48. The van der Waals surface area contributed by atoms with Crippen molar-refractivity contribution in [1.29, 1.82) is 0 Å². The van der Waals surface area contributed by atoms with Crippen molar-refractivity contribution in [1.82, 2.24) is 9.78 Å². The van der Waals surface area contributed by atoms with Gasteiger partial charge in [0.05, 0.1) is 11.8 Å². The molecule has 0 saturated heterocycles. The Hall–Kier alpha value is -1.61. The minimum atomic E-state index is -0.411. The zero-order valence-electron chi connectivity index (χ0n) is 10.6. The maximum Gasteiger partial charge on any atom is 0.0987 e. The van der Waals surface area contributed by atoms with E-state index in [0.717, 1.165) is 25.0 Å². The van der Waals surface area contributed by atoms with E-state index in [1.54, 1.807) is 10.9 Å². The molecule has 0 amide bonds. The third-order valence-electron chi connectivity index (χ3n) is 3.99. The third-order valence-corrected chi connectivity index (χ3v) is 3.99. The molecule has 94 valence electrons. The third kappa shape index (κ3) is 1.95. The molecule has 1 heterocycles. The van der Waals surface area contributed by atoms with Gasteiger partial charge < -0.3 is 5.11 Å². The van der Waals surface area contributed by atoms with Crippen LogP contribution in [0.25, 0.3) is 0 Å². The van der Waals surface area contributed by atoms with Crippen molar-refractivity contribution in [2.24, 2.45) is 13.0 Å². The summed E-state index contributed by atoms with van der Waals surface area (Å²) in [6.07, 6.45) is 4.41. The smallest absolute Gasteiger partial charge is 0.0987 e. The number of aromatic nitrogens is 2. The lowest BCUT2D eigenvalue weighted by molar-refractivity contribution is 0.0917. The Bertz CT molecular complexity index is 547. The van der Waals surface area contributed by atoms with Crippen LogP contribution >= 0.6 is 0 Å². The second-order valence-electron chi connectivity index (χ2n) is 5.10. The molecule has 1 aromatic heterocycles. The predicted molar refractivity (Wildman–Crippen MR) is 70.1 cm³/mol. The van der Waals surface area contributed by atoms with E-state index in [1.807, 2.05) is 13.1 Å². The fraction of sp³-hybridized carbons (Fsp3) is 0.400. The molecule has 0 saturated carbocycles. The van der Waals surface area contributed by atoms with E-state index in [2.05, 4.69) is 29.4 Å². The Morgan fingerprint density at radius 3 is 2.78 bits per heavy atom. The zero-order valence-corrected chi connectivity index (χ0v) is 10.6. The molecule has 2 unspecified atom stereocenters. The Morgan fingerprint density at radius 1 is 1.28 bits per heavy atom. The van der Waals surface area contributed by atoms with Gasteiger partial charge in [0.2, 0.25) is 0 Å². The Balaban J connectivity index is 1.82. The molecule has 3 heteroatoms. The van der Waals surface area contributed by atoms with Crippen LogP contribution in [0.15, 0.2) is 36.5 Å². The number of aliphatic hydroxyl groups excluding tert-OH is 1. The van der Waals surface area contributed by atoms with Crippen molar-refractivity contribution >= 4 is 0 Å². The zero-order chi connectivity index (χ0) is 12.5. The number of hydrogen-bond acceptors (Lipinski definition) is 2. The molecular formula is C15H18N2O. The molecule has 2 atom stereocenters. The van der Waals surface area contributed by atoms with Gasteiger partial charge in [0, 0.05) is 13.2 Å². The van der Waals surface area contributed by atoms with Crippen LogP contribution in [0.2, 0.25) is 0 Å². The monoisotopic (exact) mass is 242 g/mol. The lowest BCUT2D eigenvalue weighted by atomic mass is 9.80. The van der Waals surface area contributed by atoms with Crippen LogP contribution in [0.3, 0.4) is 0 Å². The molecule has 1 aromatic carbocycles. The van der Waals surface area contributed by atoms with Crippen molar-refractivity contribution in [2.45, 2.75) is 25.4 Å². The normalized spacial score (nSPS) is 20.4. The number of aryl methyl sites for hydroxylation is 2. The van der Waals surface area contributed by atoms with Crippen molar-refractivity contribution < 1.29 is 5.11 Å². The van der Waals surface area contributed by atoms with E-state index in [4.69, 9.17) is 0 Å². The first-order valence-corrected chi connectivity index (χ1v) is 6.48. The Labute approximate surface area is 107 Å². The van der Waals surface area contributed by atoms with E-state index in [-0.39, 0.29) is 0 Å². The molecule has 1 aliphatic rings. The highest BCUT2D eigenvalue weighted by Crippen LogP contribution is 2.33. The van der Waals surface area contributed by atoms with Crippen molar-refractivity contribution in [2.75, 3.05) is 0 Å². The fourth-order valence-corrected chi connectivity index (χ4v) is 2.91. The highest BCUT2D eigenvalue weighted by Gasteiger charge is 2.27. The molecule has 0 fully saturated rings. The first kappa shape index (κ1) is 11.5. The van der Waals surface area contributed by atoms with E-state index in [9.17, 15) is 5.11 Å². The second-order valence-corrected chi connectivity index (χ2v) is 5.10. The fourth-order valence-electron chi connectivity index (χ4n) is 2.91. The summed E-state index contributed by atoms with van der Waals surface area (Å²) < 4.78 is 1.77. The molecule has 18 heavy (non-hydrogen) atoms. The Morgan fingerprint density at radius 2 is 2.06 bits per heavy atom. The number of rotatable bonds is 2.